The average molecular weight is 242 g/mol. The second kappa shape index (κ2) is 5.65. The molecule has 1 aromatic carbocycles. The molecule has 1 aromatic rings. The van der Waals surface area contributed by atoms with Crippen LogP contribution < -0.4 is 5.32 Å². The van der Waals surface area contributed by atoms with E-state index < -0.39 is 6.17 Å². The van der Waals surface area contributed by atoms with Gasteiger partial charge in [-0.3, -0.25) is 0 Å². The van der Waals surface area contributed by atoms with Crippen LogP contribution in [0.1, 0.15) is 18.4 Å². The molecule has 1 heterocycles. The van der Waals surface area contributed by atoms with Crippen molar-refractivity contribution in [1.82, 2.24) is 5.32 Å². The first-order valence-electron chi connectivity index (χ1n) is 5.85. The van der Waals surface area contributed by atoms with Gasteiger partial charge in [0.2, 0.25) is 0 Å². The average Bonchev–Trinajstić information content (AvgIpc) is 2.45. The largest absolute Gasteiger partial charge is 0.317 e. The standard InChI is InChI=1S/C13H17ClFN/c14-12-3-1-2-10(9-12)8-11-4-6-16-7-5-13(11)15/h1-3,9,11,13,16H,4-8H2. The van der Waals surface area contributed by atoms with E-state index in [0.29, 0.717) is 6.42 Å². The molecular formula is C13H17ClFN. The molecule has 0 aromatic heterocycles. The van der Waals surface area contributed by atoms with Crippen LogP contribution in [-0.2, 0) is 6.42 Å². The van der Waals surface area contributed by atoms with Gasteiger partial charge in [-0.05, 0) is 56.0 Å². The fourth-order valence-corrected chi connectivity index (χ4v) is 2.48. The van der Waals surface area contributed by atoms with E-state index in [0.717, 1.165) is 36.5 Å². The molecule has 3 heteroatoms. The summed E-state index contributed by atoms with van der Waals surface area (Å²) >= 11 is 5.93. The molecule has 1 aliphatic heterocycles. The zero-order chi connectivity index (χ0) is 11.4. The number of alkyl halides is 1. The zero-order valence-corrected chi connectivity index (χ0v) is 10.0. The van der Waals surface area contributed by atoms with E-state index in [1.807, 2.05) is 24.3 Å². The summed E-state index contributed by atoms with van der Waals surface area (Å²) in [4.78, 5) is 0. The van der Waals surface area contributed by atoms with Gasteiger partial charge in [0, 0.05) is 5.02 Å². The third-order valence-corrected chi connectivity index (χ3v) is 3.42. The van der Waals surface area contributed by atoms with Crippen LogP contribution in [-0.4, -0.2) is 19.3 Å². The van der Waals surface area contributed by atoms with Gasteiger partial charge in [0.1, 0.15) is 6.17 Å². The third kappa shape index (κ3) is 3.19. The SMILES string of the molecule is FC1CCNCCC1Cc1cccc(Cl)c1. The van der Waals surface area contributed by atoms with Crippen LogP contribution in [0, 0.1) is 5.92 Å². The van der Waals surface area contributed by atoms with Crippen molar-refractivity contribution >= 4 is 11.6 Å². The normalized spacial score (nSPS) is 26.4. The minimum Gasteiger partial charge on any atom is -0.317 e. The maximum atomic E-state index is 13.8. The fraction of sp³-hybridized carbons (Fsp3) is 0.538. The highest BCUT2D eigenvalue weighted by molar-refractivity contribution is 6.30. The molecule has 88 valence electrons. The van der Waals surface area contributed by atoms with Gasteiger partial charge in [0.15, 0.2) is 0 Å². The van der Waals surface area contributed by atoms with Gasteiger partial charge >= 0.3 is 0 Å². The summed E-state index contributed by atoms with van der Waals surface area (Å²) in [5.41, 5.74) is 1.14. The molecule has 0 amide bonds. The van der Waals surface area contributed by atoms with Gasteiger partial charge in [-0.25, -0.2) is 4.39 Å². The Balaban J connectivity index is 2.02. The van der Waals surface area contributed by atoms with E-state index in [4.69, 9.17) is 11.6 Å². The Labute approximate surface area is 101 Å². The monoisotopic (exact) mass is 241 g/mol. The minimum atomic E-state index is -0.686. The van der Waals surface area contributed by atoms with Crippen LogP contribution >= 0.6 is 11.6 Å². The Morgan fingerprint density at radius 3 is 2.94 bits per heavy atom. The lowest BCUT2D eigenvalue weighted by Gasteiger charge is -2.17. The molecule has 2 atom stereocenters. The van der Waals surface area contributed by atoms with Crippen LogP contribution in [0.4, 0.5) is 4.39 Å². The van der Waals surface area contributed by atoms with Crippen LogP contribution in [0.15, 0.2) is 24.3 Å². The van der Waals surface area contributed by atoms with Crippen molar-refractivity contribution in [1.29, 1.82) is 0 Å². The Hall–Kier alpha value is -0.600. The molecule has 1 aliphatic rings. The van der Waals surface area contributed by atoms with E-state index in [-0.39, 0.29) is 5.92 Å². The highest BCUT2D eigenvalue weighted by atomic mass is 35.5. The molecule has 2 unspecified atom stereocenters. The maximum absolute atomic E-state index is 13.8. The van der Waals surface area contributed by atoms with Crippen LogP contribution in [0.5, 0.6) is 0 Å². The van der Waals surface area contributed by atoms with Crippen molar-refractivity contribution in [3.05, 3.63) is 34.9 Å². The molecule has 2 rings (SSSR count). The molecule has 0 spiro atoms. The van der Waals surface area contributed by atoms with Crippen molar-refractivity contribution < 1.29 is 4.39 Å². The first-order chi connectivity index (χ1) is 7.75. The van der Waals surface area contributed by atoms with Crippen LogP contribution in [0.3, 0.4) is 0 Å². The molecule has 0 saturated carbocycles. The lowest BCUT2D eigenvalue weighted by molar-refractivity contribution is 0.219. The van der Waals surface area contributed by atoms with Crippen molar-refractivity contribution in [2.45, 2.75) is 25.4 Å². The summed E-state index contributed by atoms with van der Waals surface area (Å²) in [5.74, 6) is 0.133. The Morgan fingerprint density at radius 2 is 2.12 bits per heavy atom. The first-order valence-corrected chi connectivity index (χ1v) is 6.23. The van der Waals surface area contributed by atoms with E-state index in [2.05, 4.69) is 5.32 Å². The van der Waals surface area contributed by atoms with Gasteiger partial charge in [-0.15, -0.1) is 0 Å². The lowest BCUT2D eigenvalue weighted by atomic mass is 9.91. The van der Waals surface area contributed by atoms with Gasteiger partial charge in [0.05, 0.1) is 0 Å². The molecule has 0 bridgehead atoms. The van der Waals surface area contributed by atoms with Gasteiger partial charge in [-0.2, -0.15) is 0 Å². The van der Waals surface area contributed by atoms with Gasteiger partial charge < -0.3 is 5.32 Å². The molecular weight excluding hydrogens is 225 g/mol. The number of rotatable bonds is 2. The fourth-order valence-electron chi connectivity index (χ4n) is 2.27. The van der Waals surface area contributed by atoms with Crippen molar-refractivity contribution in [3.63, 3.8) is 0 Å². The molecule has 1 saturated heterocycles. The molecule has 0 radical (unpaired) electrons. The number of hydrogen-bond acceptors (Lipinski definition) is 1. The highest BCUT2D eigenvalue weighted by Crippen LogP contribution is 2.23. The topological polar surface area (TPSA) is 12.0 Å². The summed E-state index contributed by atoms with van der Waals surface area (Å²) < 4.78 is 13.8. The second-order valence-corrected chi connectivity index (χ2v) is 4.87. The van der Waals surface area contributed by atoms with Crippen LogP contribution in [0.2, 0.25) is 5.02 Å². The Bertz CT molecular complexity index is 342. The number of halogens is 2. The molecule has 16 heavy (non-hydrogen) atoms. The lowest BCUT2D eigenvalue weighted by Crippen LogP contribution is -2.18. The van der Waals surface area contributed by atoms with Crippen LogP contribution in [0.25, 0.3) is 0 Å². The number of hydrogen-bond donors (Lipinski definition) is 1. The summed E-state index contributed by atoms with van der Waals surface area (Å²) in [6.45, 7) is 1.72. The second-order valence-electron chi connectivity index (χ2n) is 4.44. The van der Waals surface area contributed by atoms with Crippen molar-refractivity contribution in [2.75, 3.05) is 13.1 Å². The summed E-state index contributed by atoms with van der Waals surface area (Å²) in [5, 5.41) is 3.97. The zero-order valence-electron chi connectivity index (χ0n) is 9.26. The molecule has 1 nitrogen and oxygen atoms in total. The van der Waals surface area contributed by atoms with E-state index in [9.17, 15) is 4.39 Å². The Kier molecular flexibility index (Phi) is 4.19. The van der Waals surface area contributed by atoms with Crippen molar-refractivity contribution in [2.24, 2.45) is 5.92 Å². The number of benzene rings is 1. The summed E-state index contributed by atoms with van der Waals surface area (Å²) in [6, 6.07) is 7.75. The van der Waals surface area contributed by atoms with Crippen molar-refractivity contribution in [3.8, 4) is 0 Å². The third-order valence-electron chi connectivity index (χ3n) is 3.19. The predicted molar refractivity (Wildman–Crippen MR) is 65.6 cm³/mol. The molecule has 1 N–H and O–H groups in total. The minimum absolute atomic E-state index is 0.133. The number of nitrogens with one attached hydrogen (secondary N) is 1. The summed E-state index contributed by atoms with van der Waals surface area (Å²) in [6.07, 6.45) is 1.65. The first kappa shape index (κ1) is 11.9. The van der Waals surface area contributed by atoms with Gasteiger partial charge in [-0.1, -0.05) is 23.7 Å². The van der Waals surface area contributed by atoms with E-state index >= 15 is 0 Å². The quantitative estimate of drug-likeness (QED) is 0.839. The Morgan fingerprint density at radius 1 is 1.31 bits per heavy atom. The smallest absolute Gasteiger partial charge is 0.104 e. The van der Waals surface area contributed by atoms with E-state index in [1.54, 1.807) is 0 Å². The predicted octanol–water partition coefficient (Wildman–Crippen LogP) is 3.22. The maximum Gasteiger partial charge on any atom is 0.104 e. The summed E-state index contributed by atoms with van der Waals surface area (Å²) in [7, 11) is 0. The molecule has 0 aliphatic carbocycles. The highest BCUT2D eigenvalue weighted by Gasteiger charge is 2.23. The van der Waals surface area contributed by atoms with E-state index in [1.165, 1.54) is 0 Å². The van der Waals surface area contributed by atoms with Gasteiger partial charge in [0.25, 0.3) is 0 Å². The molecule has 1 fully saturated rings.